The average Bonchev–Trinajstić information content (AvgIpc) is 3.17. The molecule has 0 N–H and O–H groups in total. The summed E-state index contributed by atoms with van der Waals surface area (Å²) >= 11 is 6.88. The predicted molar refractivity (Wildman–Crippen MR) is 155 cm³/mol. The van der Waals surface area contributed by atoms with Crippen molar-refractivity contribution in [3.63, 3.8) is 0 Å². The van der Waals surface area contributed by atoms with Crippen LogP contribution >= 0.6 is 24.0 Å². The fourth-order valence-electron chi connectivity index (χ4n) is 4.74. The zero-order chi connectivity index (χ0) is 26.5. The molecular formula is C28H33N5O2S2. The number of aromatic nitrogens is 1. The van der Waals surface area contributed by atoms with Gasteiger partial charge in [0.15, 0.2) is 0 Å². The minimum Gasteiger partial charge on any atom is -0.355 e. The zero-order valence-corrected chi connectivity index (χ0v) is 23.3. The summed E-state index contributed by atoms with van der Waals surface area (Å²) in [5, 5.41) is 9.88. The van der Waals surface area contributed by atoms with E-state index < -0.39 is 0 Å². The number of thiocarbonyl (C=S) groups is 1. The summed E-state index contributed by atoms with van der Waals surface area (Å²) in [5.41, 5.74) is 2.41. The van der Waals surface area contributed by atoms with Crippen molar-refractivity contribution in [2.24, 2.45) is 0 Å². The van der Waals surface area contributed by atoms with Crippen LogP contribution in [0.4, 0.5) is 5.82 Å². The Balaban J connectivity index is 1.76. The molecule has 9 heteroatoms. The average molecular weight is 536 g/mol. The molecule has 0 saturated carbocycles. The third-order valence-corrected chi connectivity index (χ3v) is 8.38. The summed E-state index contributed by atoms with van der Waals surface area (Å²) in [6.07, 6.45) is 4.33. The summed E-state index contributed by atoms with van der Waals surface area (Å²) in [6, 6.07) is 12.2. The first-order valence-electron chi connectivity index (χ1n) is 12.8. The maximum Gasteiger partial charge on any atom is 0.270 e. The molecule has 1 aromatic heterocycles. The Hall–Kier alpha value is -2.93. The van der Waals surface area contributed by atoms with Gasteiger partial charge in [-0.15, -0.1) is 0 Å². The number of nitriles is 1. The molecule has 1 amide bonds. The van der Waals surface area contributed by atoms with Gasteiger partial charge in [-0.2, -0.15) is 5.26 Å². The summed E-state index contributed by atoms with van der Waals surface area (Å²) < 4.78 is 2.29. The quantitative estimate of drug-likeness (QED) is 0.373. The number of pyridine rings is 1. The standard InChI is InChI=1S/C28H33N5O2S2/c1-4-5-12-32-25(31-16-14-30(3)15-17-31)22(20(2)23(19-29)26(32)34)18-24-27(35)33(28(36)37-24)13-11-21-9-7-6-8-10-21/h6-10,18H,4-5,11-17H2,1-3H3/b24-18+. The van der Waals surface area contributed by atoms with Crippen LogP contribution in [0.2, 0.25) is 0 Å². The van der Waals surface area contributed by atoms with Gasteiger partial charge in [0.25, 0.3) is 11.5 Å². The Morgan fingerprint density at radius 3 is 2.46 bits per heavy atom. The van der Waals surface area contributed by atoms with Crippen molar-refractivity contribution in [2.45, 2.75) is 39.7 Å². The summed E-state index contributed by atoms with van der Waals surface area (Å²) in [6.45, 7) is 8.23. The molecule has 4 rings (SSSR count). The van der Waals surface area contributed by atoms with Crippen molar-refractivity contribution >= 4 is 46.1 Å². The van der Waals surface area contributed by atoms with Gasteiger partial charge in [0.2, 0.25) is 0 Å². The number of hydrogen-bond acceptors (Lipinski definition) is 7. The number of amides is 1. The van der Waals surface area contributed by atoms with Gasteiger partial charge in [0.05, 0.1) is 4.91 Å². The second-order valence-electron chi connectivity index (χ2n) is 9.52. The van der Waals surface area contributed by atoms with Crippen LogP contribution in [-0.2, 0) is 17.8 Å². The minimum atomic E-state index is -0.255. The van der Waals surface area contributed by atoms with Crippen LogP contribution in [0.15, 0.2) is 40.0 Å². The molecule has 3 heterocycles. The molecule has 0 atom stereocenters. The number of hydrogen-bond donors (Lipinski definition) is 0. The summed E-state index contributed by atoms with van der Waals surface area (Å²) in [7, 11) is 2.09. The fourth-order valence-corrected chi connectivity index (χ4v) is 6.03. The Morgan fingerprint density at radius 2 is 1.81 bits per heavy atom. The van der Waals surface area contributed by atoms with Gasteiger partial charge in [-0.3, -0.25) is 19.1 Å². The molecule has 2 aliphatic heterocycles. The van der Waals surface area contributed by atoms with Gasteiger partial charge in [-0.25, -0.2) is 0 Å². The molecule has 0 spiro atoms. The molecule has 0 bridgehead atoms. The lowest BCUT2D eigenvalue weighted by Crippen LogP contribution is -2.47. The second kappa shape index (κ2) is 12.1. The molecule has 0 unspecified atom stereocenters. The van der Waals surface area contributed by atoms with E-state index in [1.807, 2.05) is 43.3 Å². The van der Waals surface area contributed by atoms with Crippen molar-refractivity contribution in [2.75, 3.05) is 44.7 Å². The maximum atomic E-state index is 13.5. The third kappa shape index (κ3) is 5.82. The molecule has 1 aromatic carbocycles. The molecule has 2 aliphatic rings. The van der Waals surface area contributed by atoms with Crippen LogP contribution < -0.4 is 10.5 Å². The van der Waals surface area contributed by atoms with Crippen LogP contribution in [-0.4, -0.2) is 64.4 Å². The zero-order valence-electron chi connectivity index (χ0n) is 21.7. The van der Waals surface area contributed by atoms with Gasteiger partial charge in [0.1, 0.15) is 21.8 Å². The monoisotopic (exact) mass is 535 g/mol. The van der Waals surface area contributed by atoms with E-state index in [1.165, 1.54) is 11.8 Å². The van der Waals surface area contributed by atoms with Gasteiger partial charge < -0.3 is 9.80 Å². The van der Waals surface area contributed by atoms with E-state index in [0.717, 1.165) is 56.0 Å². The van der Waals surface area contributed by atoms with Crippen LogP contribution in [0.5, 0.6) is 0 Å². The lowest BCUT2D eigenvalue weighted by atomic mass is 10.0. The lowest BCUT2D eigenvalue weighted by molar-refractivity contribution is -0.122. The van der Waals surface area contributed by atoms with E-state index in [4.69, 9.17) is 12.2 Å². The van der Waals surface area contributed by atoms with Crippen molar-refractivity contribution in [1.82, 2.24) is 14.4 Å². The Bertz CT molecular complexity index is 1300. The SMILES string of the molecule is CCCCn1c(N2CCN(C)CC2)c(/C=C2/SC(=S)N(CCc3ccccc3)C2=O)c(C)c(C#N)c1=O. The van der Waals surface area contributed by atoms with E-state index in [0.29, 0.717) is 34.3 Å². The molecule has 7 nitrogen and oxygen atoms in total. The van der Waals surface area contributed by atoms with Crippen LogP contribution in [0.3, 0.4) is 0 Å². The highest BCUT2D eigenvalue weighted by atomic mass is 32.2. The van der Waals surface area contributed by atoms with E-state index in [2.05, 4.69) is 29.8 Å². The first kappa shape index (κ1) is 27.1. The van der Waals surface area contributed by atoms with Gasteiger partial charge in [0, 0.05) is 44.8 Å². The fraction of sp³-hybridized carbons (Fsp3) is 0.429. The first-order chi connectivity index (χ1) is 17.8. The number of piperazine rings is 1. The molecule has 0 radical (unpaired) electrons. The number of benzene rings is 1. The van der Waals surface area contributed by atoms with Crippen LogP contribution in [0, 0.1) is 18.3 Å². The number of unbranched alkanes of at least 4 members (excludes halogenated alkanes) is 1. The van der Waals surface area contributed by atoms with Crippen LogP contribution in [0.1, 0.15) is 42.0 Å². The highest BCUT2D eigenvalue weighted by Crippen LogP contribution is 2.36. The second-order valence-corrected chi connectivity index (χ2v) is 11.2. The summed E-state index contributed by atoms with van der Waals surface area (Å²) in [5.74, 6) is 0.678. The number of thioether (sulfide) groups is 1. The van der Waals surface area contributed by atoms with Crippen molar-refractivity contribution in [1.29, 1.82) is 5.26 Å². The van der Waals surface area contributed by atoms with Crippen LogP contribution in [0.25, 0.3) is 6.08 Å². The van der Waals surface area contributed by atoms with Crippen molar-refractivity contribution < 1.29 is 4.79 Å². The maximum absolute atomic E-state index is 13.5. The Labute approximate surface area is 228 Å². The normalized spacial score (nSPS) is 17.6. The van der Waals surface area contributed by atoms with E-state index in [1.54, 1.807) is 9.47 Å². The van der Waals surface area contributed by atoms with Gasteiger partial charge in [-0.05, 0) is 44.0 Å². The Morgan fingerprint density at radius 1 is 1.11 bits per heavy atom. The smallest absolute Gasteiger partial charge is 0.270 e. The van der Waals surface area contributed by atoms with E-state index in [-0.39, 0.29) is 17.0 Å². The van der Waals surface area contributed by atoms with Crippen molar-refractivity contribution in [3.05, 3.63) is 67.8 Å². The lowest BCUT2D eigenvalue weighted by Gasteiger charge is -2.36. The van der Waals surface area contributed by atoms with Crippen molar-refractivity contribution in [3.8, 4) is 6.07 Å². The number of rotatable bonds is 8. The first-order valence-corrected chi connectivity index (χ1v) is 14.0. The number of nitrogens with zero attached hydrogens (tertiary/aromatic N) is 5. The van der Waals surface area contributed by atoms with E-state index >= 15 is 0 Å². The minimum absolute atomic E-state index is 0.125. The predicted octanol–water partition coefficient (Wildman–Crippen LogP) is 4.02. The number of likely N-dealkylation sites (N-methyl/N-ethyl adjacent to an activating group) is 1. The number of anilines is 1. The van der Waals surface area contributed by atoms with E-state index in [9.17, 15) is 14.9 Å². The molecule has 2 fully saturated rings. The third-order valence-electron chi connectivity index (χ3n) is 7.00. The summed E-state index contributed by atoms with van der Waals surface area (Å²) in [4.78, 5) is 33.5. The van der Waals surface area contributed by atoms with Gasteiger partial charge >= 0.3 is 0 Å². The largest absolute Gasteiger partial charge is 0.355 e. The highest BCUT2D eigenvalue weighted by Gasteiger charge is 2.33. The molecular weight excluding hydrogens is 502 g/mol. The molecule has 2 saturated heterocycles. The molecule has 37 heavy (non-hydrogen) atoms. The molecule has 194 valence electrons. The molecule has 0 aliphatic carbocycles. The highest BCUT2D eigenvalue weighted by molar-refractivity contribution is 8.26. The van der Waals surface area contributed by atoms with Gasteiger partial charge in [-0.1, -0.05) is 67.7 Å². The number of carbonyl (C=O) groups excluding carboxylic acids is 1. The molecule has 2 aromatic rings. The number of carbonyl (C=O) groups is 1. The topological polar surface area (TPSA) is 72.6 Å². The Kier molecular flexibility index (Phi) is 8.85.